The van der Waals surface area contributed by atoms with E-state index < -0.39 is 18.2 Å². The predicted octanol–water partition coefficient (Wildman–Crippen LogP) is 4.71. The lowest BCUT2D eigenvalue weighted by molar-refractivity contribution is 0.0136. The molecule has 1 N–H and O–H groups in total. The standard InChI is InChI=1S/C22H20O3/c23-20(17-10-4-1-5-11-17)16-21(18-12-6-2-7-13-18)25-22(24)19-14-8-3-9-15-19/h1-15,20-21,23H,16H2. The molecule has 0 radical (unpaired) electrons. The van der Waals surface area contributed by atoms with Crippen LogP contribution >= 0.6 is 0 Å². The van der Waals surface area contributed by atoms with E-state index in [1.807, 2.05) is 66.7 Å². The number of rotatable bonds is 6. The van der Waals surface area contributed by atoms with Crippen molar-refractivity contribution in [3.8, 4) is 0 Å². The molecule has 2 atom stereocenters. The summed E-state index contributed by atoms with van der Waals surface area (Å²) in [7, 11) is 0. The topological polar surface area (TPSA) is 46.5 Å². The highest BCUT2D eigenvalue weighted by Crippen LogP contribution is 2.30. The third-order valence-corrected chi connectivity index (χ3v) is 4.05. The van der Waals surface area contributed by atoms with Gasteiger partial charge in [0.05, 0.1) is 11.7 Å². The van der Waals surface area contributed by atoms with Crippen molar-refractivity contribution < 1.29 is 14.6 Å². The Morgan fingerprint density at radius 1 is 0.760 bits per heavy atom. The largest absolute Gasteiger partial charge is 0.454 e. The molecule has 0 aliphatic rings. The van der Waals surface area contributed by atoms with Crippen LogP contribution in [0.3, 0.4) is 0 Å². The molecule has 3 nitrogen and oxygen atoms in total. The highest BCUT2D eigenvalue weighted by Gasteiger charge is 2.22. The first-order valence-corrected chi connectivity index (χ1v) is 8.28. The summed E-state index contributed by atoms with van der Waals surface area (Å²) < 4.78 is 5.72. The van der Waals surface area contributed by atoms with Gasteiger partial charge in [-0.3, -0.25) is 0 Å². The Labute approximate surface area is 147 Å². The molecule has 0 amide bonds. The minimum Gasteiger partial charge on any atom is -0.454 e. The SMILES string of the molecule is O=C(OC(CC(O)c1ccccc1)c1ccccc1)c1ccccc1. The van der Waals surface area contributed by atoms with E-state index in [0.29, 0.717) is 12.0 Å². The molecule has 0 fully saturated rings. The summed E-state index contributed by atoms with van der Waals surface area (Å²) in [6.45, 7) is 0. The van der Waals surface area contributed by atoms with Gasteiger partial charge in [0.15, 0.2) is 0 Å². The average Bonchev–Trinajstić information content (AvgIpc) is 2.69. The zero-order chi connectivity index (χ0) is 17.5. The van der Waals surface area contributed by atoms with E-state index in [9.17, 15) is 9.90 Å². The summed E-state index contributed by atoms with van der Waals surface area (Å²) in [5.74, 6) is -0.394. The molecule has 0 saturated heterocycles. The van der Waals surface area contributed by atoms with Crippen LogP contribution in [0.15, 0.2) is 91.0 Å². The summed E-state index contributed by atoms with van der Waals surface area (Å²) in [6, 6.07) is 27.8. The molecule has 25 heavy (non-hydrogen) atoms. The number of aliphatic hydroxyl groups excluding tert-OH is 1. The van der Waals surface area contributed by atoms with Gasteiger partial charge in [-0.25, -0.2) is 4.79 Å². The van der Waals surface area contributed by atoms with Gasteiger partial charge in [-0.05, 0) is 23.3 Å². The van der Waals surface area contributed by atoms with E-state index in [1.165, 1.54) is 0 Å². The van der Waals surface area contributed by atoms with Crippen LogP contribution in [0, 0.1) is 0 Å². The second-order valence-corrected chi connectivity index (χ2v) is 5.83. The van der Waals surface area contributed by atoms with Gasteiger partial charge in [0, 0.05) is 6.42 Å². The first kappa shape index (κ1) is 16.9. The van der Waals surface area contributed by atoms with Crippen LogP contribution in [-0.4, -0.2) is 11.1 Å². The number of hydrogen-bond donors (Lipinski definition) is 1. The molecule has 0 aromatic heterocycles. The molecule has 3 aromatic carbocycles. The fourth-order valence-corrected chi connectivity index (χ4v) is 2.71. The quantitative estimate of drug-likeness (QED) is 0.665. The number of esters is 1. The lowest BCUT2D eigenvalue weighted by Crippen LogP contribution is -2.15. The molecule has 126 valence electrons. The number of ether oxygens (including phenoxy) is 1. The van der Waals surface area contributed by atoms with E-state index in [4.69, 9.17) is 4.74 Å². The summed E-state index contributed by atoms with van der Waals surface area (Å²) in [5, 5.41) is 10.5. The van der Waals surface area contributed by atoms with Crippen LogP contribution in [0.1, 0.15) is 40.1 Å². The molecule has 2 unspecified atom stereocenters. The molecule has 3 heteroatoms. The Kier molecular flexibility index (Phi) is 5.60. The van der Waals surface area contributed by atoms with Gasteiger partial charge in [-0.1, -0.05) is 78.9 Å². The van der Waals surface area contributed by atoms with Gasteiger partial charge < -0.3 is 9.84 Å². The number of carbonyl (C=O) groups excluding carboxylic acids is 1. The van der Waals surface area contributed by atoms with Crippen molar-refractivity contribution in [1.29, 1.82) is 0 Å². The number of hydrogen-bond acceptors (Lipinski definition) is 3. The molecule has 0 saturated carbocycles. The predicted molar refractivity (Wildman–Crippen MR) is 97.1 cm³/mol. The maximum atomic E-state index is 12.4. The molecule has 0 aliphatic carbocycles. The molecule has 3 aromatic rings. The van der Waals surface area contributed by atoms with E-state index in [1.54, 1.807) is 24.3 Å². The molecular weight excluding hydrogens is 312 g/mol. The van der Waals surface area contributed by atoms with Crippen molar-refractivity contribution in [1.82, 2.24) is 0 Å². The van der Waals surface area contributed by atoms with Crippen LogP contribution in [0.25, 0.3) is 0 Å². The van der Waals surface area contributed by atoms with Crippen molar-refractivity contribution >= 4 is 5.97 Å². The normalized spacial score (nSPS) is 13.0. The van der Waals surface area contributed by atoms with Crippen LogP contribution in [0.5, 0.6) is 0 Å². The first-order chi connectivity index (χ1) is 12.2. The van der Waals surface area contributed by atoms with E-state index >= 15 is 0 Å². The highest BCUT2D eigenvalue weighted by atomic mass is 16.5. The Bertz CT molecular complexity index is 785. The Hall–Kier alpha value is -2.91. The first-order valence-electron chi connectivity index (χ1n) is 8.28. The van der Waals surface area contributed by atoms with E-state index in [2.05, 4.69) is 0 Å². The minimum absolute atomic E-state index is 0.298. The van der Waals surface area contributed by atoms with Gasteiger partial charge in [0.1, 0.15) is 6.10 Å². The molecule has 0 spiro atoms. The number of carbonyl (C=O) groups is 1. The van der Waals surface area contributed by atoms with Crippen molar-refractivity contribution in [2.75, 3.05) is 0 Å². The van der Waals surface area contributed by atoms with Crippen LogP contribution < -0.4 is 0 Å². The monoisotopic (exact) mass is 332 g/mol. The fraction of sp³-hybridized carbons (Fsp3) is 0.136. The molecule has 0 bridgehead atoms. The van der Waals surface area contributed by atoms with Gasteiger partial charge in [0.25, 0.3) is 0 Å². The third kappa shape index (κ3) is 4.55. The minimum atomic E-state index is -0.713. The van der Waals surface area contributed by atoms with E-state index in [-0.39, 0.29) is 0 Å². The average molecular weight is 332 g/mol. The third-order valence-electron chi connectivity index (χ3n) is 4.05. The van der Waals surface area contributed by atoms with Crippen LogP contribution in [0.2, 0.25) is 0 Å². The lowest BCUT2D eigenvalue weighted by Gasteiger charge is -2.21. The van der Waals surface area contributed by atoms with Gasteiger partial charge in [-0.15, -0.1) is 0 Å². The summed E-state index contributed by atoms with van der Waals surface area (Å²) in [5.41, 5.74) is 2.17. The zero-order valence-electron chi connectivity index (χ0n) is 13.8. The number of benzene rings is 3. The molecule has 0 aliphatic heterocycles. The Morgan fingerprint density at radius 2 is 1.24 bits per heavy atom. The van der Waals surface area contributed by atoms with Gasteiger partial charge in [0.2, 0.25) is 0 Å². The summed E-state index contributed by atoms with van der Waals surface area (Å²) >= 11 is 0. The van der Waals surface area contributed by atoms with E-state index in [0.717, 1.165) is 11.1 Å². The Morgan fingerprint density at radius 3 is 1.80 bits per heavy atom. The highest BCUT2D eigenvalue weighted by molar-refractivity contribution is 5.89. The fourth-order valence-electron chi connectivity index (χ4n) is 2.71. The van der Waals surface area contributed by atoms with Gasteiger partial charge >= 0.3 is 5.97 Å². The second-order valence-electron chi connectivity index (χ2n) is 5.83. The van der Waals surface area contributed by atoms with Crippen molar-refractivity contribution in [3.05, 3.63) is 108 Å². The van der Waals surface area contributed by atoms with Crippen molar-refractivity contribution in [2.45, 2.75) is 18.6 Å². The van der Waals surface area contributed by atoms with Crippen LogP contribution in [0.4, 0.5) is 0 Å². The maximum Gasteiger partial charge on any atom is 0.338 e. The number of aliphatic hydroxyl groups is 1. The second kappa shape index (κ2) is 8.27. The van der Waals surface area contributed by atoms with Crippen molar-refractivity contribution in [3.63, 3.8) is 0 Å². The van der Waals surface area contributed by atoms with Gasteiger partial charge in [-0.2, -0.15) is 0 Å². The molecule has 3 rings (SSSR count). The zero-order valence-corrected chi connectivity index (χ0v) is 13.8. The maximum absolute atomic E-state index is 12.4. The van der Waals surface area contributed by atoms with Crippen molar-refractivity contribution in [2.24, 2.45) is 0 Å². The molecule has 0 heterocycles. The van der Waals surface area contributed by atoms with Crippen LogP contribution in [-0.2, 0) is 4.74 Å². The summed E-state index contributed by atoms with van der Waals surface area (Å²) in [4.78, 5) is 12.4. The molecular formula is C22H20O3. The summed E-state index contributed by atoms with van der Waals surface area (Å²) in [6.07, 6.45) is -0.939. The Balaban J connectivity index is 1.80. The lowest BCUT2D eigenvalue weighted by atomic mass is 9.98. The smallest absolute Gasteiger partial charge is 0.338 e.